The third-order valence-corrected chi connectivity index (χ3v) is 3.09. The maximum absolute atomic E-state index is 11.2. The minimum absolute atomic E-state index is 0.319. The zero-order valence-electron chi connectivity index (χ0n) is 8.73. The first-order valence-corrected chi connectivity index (χ1v) is 5.27. The van der Waals surface area contributed by atoms with Crippen molar-refractivity contribution in [3.63, 3.8) is 0 Å². The lowest BCUT2D eigenvalue weighted by atomic mass is 10.00. The number of nitrogens with two attached hydrogens (primary N) is 1. The Morgan fingerprint density at radius 2 is 1.94 bits per heavy atom. The number of amides is 1. The number of benzene rings is 2. The maximum atomic E-state index is 11.2. The standard InChI is InChI=1S/C14H11NO/c15-14(16)11-7-10-6-5-9-3-1-2-4-12(9)13(10)8-11/h1-7H,8H2,(H2,15,16). The summed E-state index contributed by atoms with van der Waals surface area (Å²) in [6, 6.07) is 12.3. The molecule has 3 rings (SSSR count). The van der Waals surface area contributed by atoms with Crippen molar-refractivity contribution in [3.05, 3.63) is 53.1 Å². The highest BCUT2D eigenvalue weighted by molar-refractivity contribution is 6.02. The highest BCUT2D eigenvalue weighted by atomic mass is 16.1. The van der Waals surface area contributed by atoms with Crippen molar-refractivity contribution in [2.24, 2.45) is 5.73 Å². The van der Waals surface area contributed by atoms with Gasteiger partial charge in [0.1, 0.15) is 0 Å². The van der Waals surface area contributed by atoms with E-state index >= 15 is 0 Å². The van der Waals surface area contributed by atoms with E-state index in [4.69, 9.17) is 5.73 Å². The van der Waals surface area contributed by atoms with Gasteiger partial charge < -0.3 is 5.73 Å². The quantitative estimate of drug-likeness (QED) is 0.769. The van der Waals surface area contributed by atoms with Crippen LogP contribution in [0.2, 0.25) is 0 Å². The summed E-state index contributed by atoms with van der Waals surface area (Å²) >= 11 is 0. The van der Waals surface area contributed by atoms with Crippen LogP contribution in [0.4, 0.5) is 0 Å². The molecule has 1 aliphatic rings. The van der Waals surface area contributed by atoms with E-state index in [-0.39, 0.29) is 5.91 Å². The van der Waals surface area contributed by atoms with Crippen LogP contribution in [0.3, 0.4) is 0 Å². The first kappa shape index (κ1) is 9.16. The van der Waals surface area contributed by atoms with Gasteiger partial charge in [0.15, 0.2) is 0 Å². The van der Waals surface area contributed by atoms with E-state index in [1.165, 1.54) is 16.3 Å². The van der Waals surface area contributed by atoms with Crippen LogP contribution in [0.1, 0.15) is 11.1 Å². The first-order chi connectivity index (χ1) is 7.75. The minimum atomic E-state index is -0.319. The van der Waals surface area contributed by atoms with Crippen molar-refractivity contribution in [1.82, 2.24) is 0 Å². The molecule has 2 aromatic rings. The molecule has 2 nitrogen and oxygen atoms in total. The van der Waals surface area contributed by atoms with Crippen LogP contribution in [0.15, 0.2) is 42.0 Å². The van der Waals surface area contributed by atoms with Gasteiger partial charge in [-0.25, -0.2) is 0 Å². The molecular formula is C14H11NO. The van der Waals surface area contributed by atoms with Crippen LogP contribution in [0, 0.1) is 0 Å². The number of rotatable bonds is 1. The van der Waals surface area contributed by atoms with Crippen molar-refractivity contribution in [2.75, 3.05) is 0 Å². The van der Waals surface area contributed by atoms with Crippen LogP contribution in [-0.2, 0) is 11.2 Å². The summed E-state index contributed by atoms with van der Waals surface area (Å²) in [5.41, 5.74) is 8.35. The number of fused-ring (bicyclic) bond motifs is 3. The van der Waals surface area contributed by atoms with Crippen molar-refractivity contribution in [3.8, 4) is 0 Å². The summed E-state index contributed by atoms with van der Waals surface area (Å²) in [7, 11) is 0. The Morgan fingerprint density at radius 1 is 1.12 bits per heavy atom. The Balaban J connectivity index is 2.23. The fourth-order valence-corrected chi connectivity index (χ4v) is 2.27. The zero-order chi connectivity index (χ0) is 11.1. The molecular weight excluding hydrogens is 198 g/mol. The number of hydrogen-bond donors (Lipinski definition) is 1. The molecule has 0 saturated heterocycles. The second-order valence-electron chi connectivity index (χ2n) is 4.07. The molecule has 0 unspecified atom stereocenters. The van der Waals surface area contributed by atoms with E-state index in [9.17, 15) is 4.79 Å². The van der Waals surface area contributed by atoms with Crippen molar-refractivity contribution < 1.29 is 4.79 Å². The molecule has 0 atom stereocenters. The zero-order valence-corrected chi connectivity index (χ0v) is 8.73. The highest BCUT2D eigenvalue weighted by Gasteiger charge is 2.18. The molecule has 1 aliphatic carbocycles. The molecule has 1 amide bonds. The second kappa shape index (κ2) is 3.20. The summed E-state index contributed by atoms with van der Waals surface area (Å²) in [5.74, 6) is -0.319. The summed E-state index contributed by atoms with van der Waals surface area (Å²) in [6.07, 6.45) is 2.55. The molecule has 2 aromatic carbocycles. The SMILES string of the molecule is NC(=O)C1=Cc2ccc3ccccc3c2C1. The first-order valence-electron chi connectivity index (χ1n) is 5.27. The van der Waals surface area contributed by atoms with Crippen molar-refractivity contribution in [2.45, 2.75) is 6.42 Å². The average Bonchev–Trinajstić information content (AvgIpc) is 2.73. The van der Waals surface area contributed by atoms with Crippen LogP contribution >= 0.6 is 0 Å². The molecule has 2 heteroatoms. The van der Waals surface area contributed by atoms with Gasteiger partial charge >= 0.3 is 0 Å². The van der Waals surface area contributed by atoms with Gasteiger partial charge in [0, 0.05) is 12.0 Å². The van der Waals surface area contributed by atoms with Gasteiger partial charge in [0.2, 0.25) is 5.91 Å². The van der Waals surface area contributed by atoms with Crippen molar-refractivity contribution >= 4 is 22.8 Å². The van der Waals surface area contributed by atoms with E-state index in [1.807, 2.05) is 24.3 Å². The Morgan fingerprint density at radius 3 is 2.75 bits per heavy atom. The van der Waals surface area contributed by atoms with Gasteiger partial charge in [-0.05, 0) is 28.0 Å². The summed E-state index contributed by atoms with van der Waals surface area (Å²) in [6.45, 7) is 0. The number of primary amides is 1. The molecule has 2 N–H and O–H groups in total. The Bertz CT molecular complexity index is 626. The molecule has 0 saturated carbocycles. The van der Waals surface area contributed by atoms with Gasteiger partial charge in [-0.2, -0.15) is 0 Å². The minimum Gasteiger partial charge on any atom is -0.366 e. The topological polar surface area (TPSA) is 43.1 Å². The molecule has 0 bridgehead atoms. The monoisotopic (exact) mass is 209 g/mol. The molecule has 78 valence electrons. The lowest BCUT2D eigenvalue weighted by Crippen LogP contribution is -2.13. The fraction of sp³-hybridized carbons (Fsp3) is 0.0714. The molecule has 0 spiro atoms. The number of carbonyl (C=O) groups excluding carboxylic acids is 1. The molecule has 0 aromatic heterocycles. The van der Waals surface area contributed by atoms with Gasteiger partial charge in [0.25, 0.3) is 0 Å². The third-order valence-electron chi connectivity index (χ3n) is 3.09. The largest absolute Gasteiger partial charge is 0.366 e. The van der Waals surface area contributed by atoms with Gasteiger partial charge in [-0.15, -0.1) is 0 Å². The summed E-state index contributed by atoms with van der Waals surface area (Å²) < 4.78 is 0. The third kappa shape index (κ3) is 1.23. The fourth-order valence-electron chi connectivity index (χ4n) is 2.27. The van der Waals surface area contributed by atoms with Gasteiger partial charge in [0.05, 0.1) is 0 Å². The van der Waals surface area contributed by atoms with Crippen LogP contribution in [0.25, 0.3) is 16.8 Å². The summed E-state index contributed by atoms with van der Waals surface area (Å²) in [4.78, 5) is 11.2. The number of carbonyl (C=O) groups is 1. The van der Waals surface area contributed by atoms with Crippen molar-refractivity contribution in [1.29, 1.82) is 0 Å². The maximum Gasteiger partial charge on any atom is 0.244 e. The normalized spacial score (nSPS) is 13.6. The molecule has 0 fully saturated rings. The predicted molar refractivity (Wildman–Crippen MR) is 64.8 cm³/mol. The lowest BCUT2D eigenvalue weighted by molar-refractivity contribution is -0.114. The van der Waals surface area contributed by atoms with E-state index in [1.54, 1.807) is 0 Å². The average molecular weight is 209 g/mol. The van der Waals surface area contributed by atoms with Gasteiger partial charge in [-0.3, -0.25) is 4.79 Å². The summed E-state index contributed by atoms with van der Waals surface area (Å²) in [5, 5.41) is 2.42. The lowest BCUT2D eigenvalue weighted by Gasteiger charge is -2.04. The predicted octanol–water partition coefficient (Wildman–Crippen LogP) is 2.26. The molecule has 0 heterocycles. The molecule has 16 heavy (non-hydrogen) atoms. The Labute approximate surface area is 93.4 Å². The van der Waals surface area contributed by atoms with E-state index in [0.29, 0.717) is 12.0 Å². The van der Waals surface area contributed by atoms with E-state index < -0.39 is 0 Å². The Hall–Kier alpha value is -2.09. The molecule has 0 radical (unpaired) electrons. The van der Waals surface area contributed by atoms with Crippen LogP contribution < -0.4 is 5.73 Å². The second-order valence-corrected chi connectivity index (χ2v) is 4.07. The van der Waals surface area contributed by atoms with E-state index in [0.717, 1.165) is 5.56 Å². The highest BCUT2D eigenvalue weighted by Crippen LogP contribution is 2.31. The van der Waals surface area contributed by atoms with Crippen LogP contribution in [-0.4, -0.2) is 5.91 Å². The van der Waals surface area contributed by atoms with Crippen LogP contribution in [0.5, 0.6) is 0 Å². The molecule has 0 aliphatic heterocycles. The van der Waals surface area contributed by atoms with Gasteiger partial charge in [-0.1, -0.05) is 36.4 Å². The van der Waals surface area contributed by atoms with E-state index in [2.05, 4.69) is 18.2 Å². The Kier molecular flexibility index (Phi) is 1.83. The smallest absolute Gasteiger partial charge is 0.244 e. The number of hydrogen-bond acceptors (Lipinski definition) is 1.